The molecule has 1 amide bonds. The summed E-state index contributed by atoms with van der Waals surface area (Å²) in [5.41, 5.74) is 7.01. The van der Waals surface area contributed by atoms with Crippen LogP contribution >= 0.6 is 0 Å². The molecule has 0 bridgehead atoms. The van der Waals surface area contributed by atoms with Crippen LogP contribution in [-0.4, -0.2) is 29.7 Å². The Morgan fingerprint density at radius 3 is 2.55 bits per heavy atom. The van der Waals surface area contributed by atoms with Gasteiger partial charge in [0.15, 0.2) is 0 Å². The van der Waals surface area contributed by atoms with Crippen LogP contribution in [0.4, 0.5) is 0 Å². The van der Waals surface area contributed by atoms with E-state index in [9.17, 15) is 9.90 Å². The molecule has 2 rings (SSSR count). The highest BCUT2D eigenvalue weighted by molar-refractivity contribution is 5.81. The summed E-state index contributed by atoms with van der Waals surface area (Å²) in [5.74, 6) is 0.395. The number of carbonyl (C=O) groups excluding carboxylic acids is 1. The van der Waals surface area contributed by atoms with Gasteiger partial charge in [0.25, 0.3) is 0 Å². The molecule has 0 aromatic heterocycles. The molecule has 1 aromatic rings. The smallest absolute Gasteiger partial charge is 0.237 e. The minimum absolute atomic E-state index is 0.0834. The molecule has 1 aromatic carbocycles. The Balaban J connectivity index is 1.71. The molecule has 4 nitrogen and oxygen atoms in total. The Morgan fingerprint density at radius 1 is 1.25 bits per heavy atom. The van der Waals surface area contributed by atoms with Crippen LogP contribution in [0.1, 0.15) is 31.2 Å². The summed E-state index contributed by atoms with van der Waals surface area (Å²) in [5, 5.41) is 12.4. The van der Waals surface area contributed by atoms with E-state index in [1.807, 2.05) is 30.3 Å². The van der Waals surface area contributed by atoms with Crippen molar-refractivity contribution < 1.29 is 9.90 Å². The van der Waals surface area contributed by atoms with Gasteiger partial charge in [-0.25, -0.2) is 0 Å². The SMILES string of the molecule is N[C@@H](Cc1ccccc1)C(=O)NCC1CCC(O)CC1. The first-order valence-corrected chi connectivity index (χ1v) is 7.40. The number of carbonyl (C=O) groups is 1. The van der Waals surface area contributed by atoms with Gasteiger partial charge < -0.3 is 16.2 Å². The molecule has 0 unspecified atom stereocenters. The normalized spacial score (nSPS) is 24.1. The van der Waals surface area contributed by atoms with Gasteiger partial charge in [-0.1, -0.05) is 30.3 Å². The zero-order valence-electron chi connectivity index (χ0n) is 11.8. The molecule has 4 heteroatoms. The van der Waals surface area contributed by atoms with E-state index in [4.69, 9.17) is 5.73 Å². The van der Waals surface area contributed by atoms with Gasteiger partial charge >= 0.3 is 0 Å². The van der Waals surface area contributed by atoms with Gasteiger partial charge in [0, 0.05) is 6.54 Å². The standard InChI is InChI=1S/C16H24N2O2/c17-15(10-12-4-2-1-3-5-12)16(20)18-11-13-6-8-14(19)9-7-13/h1-5,13-15,19H,6-11,17H2,(H,18,20)/t13?,14?,15-/m0/s1. The van der Waals surface area contributed by atoms with Crippen molar-refractivity contribution in [3.05, 3.63) is 35.9 Å². The molecule has 0 radical (unpaired) electrons. The predicted molar refractivity (Wildman–Crippen MR) is 79.1 cm³/mol. The third kappa shape index (κ3) is 4.62. The second-order valence-electron chi connectivity index (χ2n) is 5.72. The van der Waals surface area contributed by atoms with Gasteiger partial charge in [-0.15, -0.1) is 0 Å². The topological polar surface area (TPSA) is 75.4 Å². The summed E-state index contributed by atoms with van der Waals surface area (Å²) in [6.07, 6.45) is 4.07. The molecular weight excluding hydrogens is 252 g/mol. The quantitative estimate of drug-likeness (QED) is 0.757. The van der Waals surface area contributed by atoms with Crippen molar-refractivity contribution >= 4 is 5.91 Å². The number of benzene rings is 1. The molecule has 1 atom stereocenters. The van der Waals surface area contributed by atoms with Crippen LogP contribution in [0.15, 0.2) is 30.3 Å². The minimum Gasteiger partial charge on any atom is -0.393 e. The maximum Gasteiger partial charge on any atom is 0.237 e. The molecule has 110 valence electrons. The van der Waals surface area contributed by atoms with Gasteiger partial charge in [-0.05, 0) is 43.6 Å². The zero-order valence-corrected chi connectivity index (χ0v) is 11.8. The van der Waals surface area contributed by atoms with Crippen molar-refractivity contribution in [1.82, 2.24) is 5.32 Å². The lowest BCUT2D eigenvalue weighted by atomic mass is 9.87. The predicted octanol–water partition coefficient (Wildman–Crippen LogP) is 1.22. The first kappa shape index (κ1) is 15.0. The van der Waals surface area contributed by atoms with Crippen LogP contribution in [0, 0.1) is 5.92 Å². The number of hydrogen-bond donors (Lipinski definition) is 3. The number of amides is 1. The van der Waals surface area contributed by atoms with Crippen LogP contribution < -0.4 is 11.1 Å². The lowest BCUT2D eigenvalue weighted by Gasteiger charge is -2.26. The lowest BCUT2D eigenvalue weighted by Crippen LogP contribution is -2.44. The summed E-state index contributed by atoms with van der Waals surface area (Å²) < 4.78 is 0. The number of nitrogens with one attached hydrogen (secondary N) is 1. The fraction of sp³-hybridized carbons (Fsp3) is 0.562. The summed E-state index contributed by atoms with van der Waals surface area (Å²) in [7, 11) is 0. The van der Waals surface area contributed by atoms with Crippen LogP contribution in [0.2, 0.25) is 0 Å². The monoisotopic (exact) mass is 276 g/mol. The molecule has 1 fully saturated rings. The molecule has 1 aliphatic rings. The first-order chi connectivity index (χ1) is 9.65. The number of aliphatic hydroxyl groups is 1. The second kappa shape index (κ2) is 7.41. The van der Waals surface area contributed by atoms with E-state index in [2.05, 4.69) is 5.32 Å². The van der Waals surface area contributed by atoms with Crippen molar-refractivity contribution in [1.29, 1.82) is 0 Å². The van der Waals surface area contributed by atoms with Crippen LogP contribution in [0.25, 0.3) is 0 Å². The summed E-state index contributed by atoms with van der Waals surface area (Å²) in [6, 6.07) is 9.32. The van der Waals surface area contributed by atoms with Crippen LogP contribution in [-0.2, 0) is 11.2 Å². The first-order valence-electron chi connectivity index (χ1n) is 7.40. The molecule has 1 saturated carbocycles. The van der Waals surface area contributed by atoms with Crippen molar-refractivity contribution in [3.8, 4) is 0 Å². The Bertz CT molecular complexity index is 414. The Hall–Kier alpha value is -1.39. The lowest BCUT2D eigenvalue weighted by molar-refractivity contribution is -0.122. The van der Waals surface area contributed by atoms with E-state index in [0.717, 1.165) is 31.2 Å². The highest BCUT2D eigenvalue weighted by Crippen LogP contribution is 2.23. The fourth-order valence-corrected chi connectivity index (χ4v) is 2.69. The van der Waals surface area contributed by atoms with E-state index < -0.39 is 6.04 Å². The van der Waals surface area contributed by atoms with E-state index >= 15 is 0 Å². The van der Waals surface area contributed by atoms with Crippen molar-refractivity contribution in [2.24, 2.45) is 11.7 Å². The second-order valence-corrected chi connectivity index (χ2v) is 5.72. The Kier molecular flexibility index (Phi) is 5.56. The number of rotatable bonds is 5. The van der Waals surface area contributed by atoms with Crippen LogP contribution in [0.3, 0.4) is 0 Å². The molecule has 4 N–H and O–H groups in total. The minimum atomic E-state index is -0.494. The van der Waals surface area contributed by atoms with Crippen molar-refractivity contribution in [3.63, 3.8) is 0 Å². The van der Waals surface area contributed by atoms with E-state index in [1.165, 1.54) is 0 Å². The summed E-state index contributed by atoms with van der Waals surface area (Å²) in [4.78, 5) is 12.0. The average molecular weight is 276 g/mol. The van der Waals surface area contributed by atoms with Gasteiger partial charge in [0.2, 0.25) is 5.91 Å². The van der Waals surface area contributed by atoms with Gasteiger partial charge in [-0.3, -0.25) is 4.79 Å². The number of hydrogen-bond acceptors (Lipinski definition) is 3. The maximum atomic E-state index is 12.0. The van der Waals surface area contributed by atoms with E-state index in [0.29, 0.717) is 18.9 Å². The molecule has 0 saturated heterocycles. The van der Waals surface area contributed by atoms with Gasteiger partial charge in [0.1, 0.15) is 0 Å². The van der Waals surface area contributed by atoms with Gasteiger partial charge in [-0.2, -0.15) is 0 Å². The third-order valence-electron chi connectivity index (χ3n) is 4.02. The van der Waals surface area contributed by atoms with E-state index in [-0.39, 0.29) is 12.0 Å². The Labute approximate surface area is 120 Å². The largest absolute Gasteiger partial charge is 0.393 e. The fourth-order valence-electron chi connectivity index (χ4n) is 2.69. The molecule has 0 heterocycles. The maximum absolute atomic E-state index is 12.0. The molecule has 0 spiro atoms. The molecule has 1 aliphatic carbocycles. The highest BCUT2D eigenvalue weighted by atomic mass is 16.3. The molecular formula is C16H24N2O2. The summed E-state index contributed by atoms with van der Waals surface area (Å²) in [6.45, 7) is 0.675. The Morgan fingerprint density at radius 2 is 1.90 bits per heavy atom. The van der Waals surface area contributed by atoms with Crippen molar-refractivity contribution in [2.45, 2.75) is 44.2 Å². The average Bonchev–Trinajstić information content (AvgIpc) is 2.47. The zero-order chi connectivity index (χ0) is 14.4. The van der Waals surface area contributed by atoms with Crippen molar-refractivity contribution in [2.75, 3.05) is 6.54 Å². The number of nitrogens with two attached hydrogens (primary N) is 1. The third-order valence-corrected chi connectivity index (χ3v) is 4.02. The van der Waals surface area contributed by atoms with Crippen LogP contribution in [0.5, 0.6) is 0 Å². The molecule has 0 aliphatic heterocycles. The summed E-state index contributed by atoms with van der Waals surface area (Å²) >= 11 is 0. The molecule has 20 heavy (non-hydrogen) atoms. The van der Waals surface area contributed by atoms with E-state index in [1.54, 1.807) is 0 Å². The highest BCUT2D eigenvalue weighted by Gasteiger charge is 2.21. The number of aliphatic hydroxyl groups excluding tert-OH is 1. The van der Waals surface area contributed by atoms with Gasteiger partial charge in [0.05, 0.1) is 12.1 Å².